The second kappa shape index (κ2) is 8.43. The zero-order chi connectivity index (χ0) is 25.7. The second-order valence-corrected chi connectivity index (χ2v) is 9.65. The third kappa shape index (κ3) is 4.60. The number of esters is 1. The Morgan fingerprint density at radius 2 is 1.77 bits per heavy atom. The van der Waals surface area contributed by atoms with E-state index in [2.05, 4.69) is 5.32 Å². The van der Waals surface area contributed by atoms with E-state index in [9.17, 15) is 33.2 Å². The SMILES string of the molecule is CC(C)(C)OC(=O)NC1(C(=O)OCN2C(=O)CCC(N3C(=O)c4ccc(F)cc4C3=O)C2=O)CC1. The molecule has 2 aliphatic heterocycles. The zero-order valence-corrected chi connectivity index (χ0v) is 19.4. The highest BCUT2D eigenvalue weighted by Gasteiger charge is 2.54. The lowest BCUT2D eigenvalue weighted by Gasteiger charge is -2.34. The van der Waals surface area contributed by atoms with Crippen molar-refractivity contribution in [2.24, 2.45) is 0 Å². The number of hydrogen-bond donors (Lipinski definition) is 1. The molecule has 1 saturated heterocycles. The molecule has 2 heterocycles. The summed E-state index contributed by atoms with van der Waals surface area (Å²) in [7, 11) is 0. The molecule has 4 rings (SSSR count). The summed E-state index contributed by atoms with van der Waals surface area (Å²) >= 11 is 0. The lowest BCUT2D eigenvalue weighted by molar-refractivity contribution is -0.165. The molecule has 0 spiro atoms. The highest BCUT2D eigenvalue weighted by atomic mass is 19.1. The molecule has 0 bridgehead atoms. The molecule has 12 heteroatoms. The number of piperidine rings is 1. The van der Waals surface area contributed by atoms with Crippen LogP contribution in [0.5, 0.6) is 0 Å². The van der Waals surface area contributed by atoms with Gasteiger partial charge < -0.3 is 14.8 Å². The molecule has 0 radical (unpaired) electrons. The first-order valence-corrected chi connectivity index (χ1v) is 11.0. The van der Waals surface area contributed by atoms with Crippen molar-refractivity contribution in [2.45, 2.75) is 63.6 Å². The summed E-state index contributed by atoms with van der Waals surface area (Å²) in [6, 6.07) is 1.80. The average molecular weight is 489 g/mol. The van der Waals surface area contributed by atoms with Gasteiger partial charge in [-0.25, -0.2) is 18.9 Å². The van der Waals surface area contributed by atoms with Gasteiger partial charge in [-0.3, -0.25) is 24.1 Å². The number of hydrogen-bond acceptors (Lipinski definition) is 8. The third-order valence-electron chi connectivity index (χ3n) is 5.88. The van der Waals surface area contributed by atoms with Crippen LogP contribution < -0.4 is 5.32 Å². The molecule has 0 aromatic heterocycles. The summed E-state index contributed by atoms with van der Waals surface area (Å²) in [6.07, 6.45) is -0.515. The topological polar surface area (TPSA) is 139 Å². The van der Waals surface area contributed by atoms with E-state index in [1.165, 1.54) is 0 Å². The Labute approximate surface area is 199 Å². The highest BCUT2D eigenvalue weighted by Crippen LogP contribution is 2.37. The van der Waals surface area contributed by atoms with Gasteiger partial charge in [0.1, 0.15) is 23.0 Å². The lowest BCUT2D eigenvalue weighted by Crippen LogP contribution is -2.57. The molecule has 1 saturated carbocycles. The summed E-state index contributed by atoms with van der Waals surface area (Å²) in [5.74, 6) is -4.71. The normalized spacial score (nSPS) is 21.1. The minimum Gasteiger partial charge on any atom is -0.444 e. The van der Waals surface area contributed by atoms with Gasteiger partial charge in [0.05, 0.1) is 11.1 Å². The van der Waals surface area contributed by atoms with Gasteiger partial charge in [0.15, 0.2) is 6.73 Å². The first-order chi connectivity index (χ1) is 16.3. The van der Waals surface area contributed by atoms with Crippen LogP contribution in [0.2, 0.25) is 0 Å². The van der Waals surface area contributed by atoms with Crippen LogP contribution in [0.1, 0.15) is 67.2 Å². The number of fused-ring (bicyclic) bond motifs is 1. The van der Waals surface area contributed by atoms with Crippen LogP contribution in [-0.2, 0) is 23.9 Å². The van der Waals surface area contributed by atoms with Crippen LogP contribution in [0.3, 0.4) is 0 Å². The van der Waals surface area contributed by atoms with Crippen molar-refractivity contribution in [3.8, 4) is 0 Å². The van der Waals surface area contributed by atoms with Crippen LogP contribution in [0.15, 0.2) is 18.2 Å². The van der Waals surface area contributed by atoms with Crippen molar-refractivity contribution in [1.82, 2.24) is 15.1 Å². The lowest BCUT2D eigenvalue weighted by atomic mass is 10.0. The molecule has 3 aliphatic rings. The van der Waals surface area contributed by atoms with E-state index in [0.717, 1.165) is 18.2 Å². The molecule has 2 fully saturated rings. The number of carbonyl (C=O) groups is 6. The largest absolute Gasteiger partial charge is 0.444 e. The number of likely N-dealkylation sites (tertiary alicyclic amines) is 1. The number of nitrogens with one attached hydrogen (secondary N) is 1. The van der Waals surface area contributed by atoms with E-state index < -0.39 is 65.4 Å². The highest BCUT2D eigenvalue weighted by molar-refractivity contribution is 6.23. The molecule has 5 amide bonds. The maximum absolute atomic E-state index is 13.6. The number of amides is 5. The summed E-state index contributed by atoms with van der Waals surface area (Å²) in [4.78, 5) is 76.9. The first-order valence-electron chi connectivity index (χ1n) is 11.0. The molecule has 1 aromatic carbocycles. The number of benzene rings is 1. The van der Waals surface area contributed by atoms with Crippen molar-refractivity contribution >= 4 is 35.7 Å². The molecule has 1 aliphatic carbocycles. The maximum Gasteiger partial charge on any atom is 0.408 e. The van der Waals surface area contributed by atoms with Gasteiger partial charge in [-0.05, 0) is 58.2 Å². The number of rotatable bonds is 5. The van der Waals surface area contributed by atoms with Crippen LogP contribution >= 0.6 is 0 Å². The second-order valence-electron chi connectivity index (χ2n) is 9.65. The minimum atomic E-state index is -1.31. The summed E-state index contributed by atoms with van der Waals surface area (Å²) in [5.41, 5.74) is -2.29. The van der Waals surface area contributed by atoms with E-state index in [1.807, 2.05) is 0 Å². The Kier molecular flexibility index (Phi) is 5.86. The Morgan fingerprint density at radius 3 is 2.40 bits per heavy atom. The number of imide groups is 2. The van der Waals surface area contributed by atoms with Crippen molar-refractivity contribution in [2.75, 3.05) is 6.73 Å². The first kappa shape index (κ1) is 24.3. The van der Waals surface area contributed by atoms with Gasteiger partial charge in [-0.2, -0.15) is 0 Å². The maximum atomic E-state index is 13.6. The molecule has 1 N–H and O–H groups in total. The number of alkyl carbamates (subject to hydrolysis) is 1. The molecule has 35 heavy (non-hydrogen) atoms. The van der Waals surface area contributed by atoms with Crippen molar-refractivity contribution < 1.29 is 42.6 Å². The molecule has 1 aromatic rings. The quantitative estimate of drug-likeness (QED) is 0.485. The minimum absolute atomic E-state index is 0.0389. The van der Waals surface area contributed by atoms with E-state index in [1.54, 1.807) is 20.8 Å². The van der Waals surface area contributed by atoms with Gasteiger partial charge in [-0.15, -0.1) is 0 Å². The predicted octanol–water partition coefficient (Wildman–Crippen LogP) is 1.50. The number of halogens is 1. The average Bonchev–Trinajstić information content (AvgIpc) is 3.49. The fourth-order valence-electron chi connectivity index (χ4n) is 3.98. The molecular weight excluding hydrogens is 465 g/mol. The molecule has 11 nitrogen and oxygen atoms in total. The van der Waals surface area contributed by atoms with Gasteiger partial charge in [0, 0.05) is 6.42 Å². The number of ether oxygens (including phenoxy) is 2. The molecule has 1 unspecified atom stereocenters. The van der Waals surface area contributed by atoms with Gasteiger partial charge in [0.25, 0.3) is 17.7 Å². The van der Waals surface area contributed by atoms with E-state index in [0.29, 0.717) is 22.6 Å². The number of carbonyl (C=O) groups excluding carboxylic acids is 6. The summed E-state index contributed by atoms with van der Waals surface area (Å²) in [5, 5.41) is 2.46. The fraction of sp³-hybridized carbons (Fsp3) is 0.478. The third-order valence-corrected chi connectivity index (χ3v) is 5.88. The smallest absolute Gasteiger partial charge is 0.408 e. The van der Waals surface area contributed by atoms with Crippen LogP contribution in [0, 0.1) is 5.82 Å². The number of nitrogens with zero attached hydrogens (tertiary/aromatic N) is 2. The summed E-state index contributed by atoms with van der Waals surface area (Å²) in [6.45, 7) is 4.25. The van der Waals surface area contributed by atoms with Crippen molar-refractivity contribution in [3.63, 3.8) is 0 Å². The standard InChI is InChI=1S/C23H24FN3O8/c1-22(2,3)35-21(33)25-23(8-9-23)20(32)34-11-26-16(28)7-6-15(19(26)31)27-17(29)13-5-4-12(24)10-14(13)18(27)30/h4-5,10,15H,6-9,11H2,1-3H3,(H,25,33). The Hall–Kier alpha value is -3.83. The Morgan fingerprint density at radius 1 is 1.11 bits per heavy atom. The van der Waals surface area contributed by atoms with Crippen LogP contribution in [0.25, 0.3) is 0 Å². The van der Waals surface area contributed by atoms with Crippen molar-refractivity contribution in [3.05, 3.63) is 35.1 Å². The zero-order valence-electron chi connectivity index (χ0n) is 19.4. The molecular formula is C23H24FN3O8. The summed E-state index contributed by atoms with van der Waals surface area (Å²) < 4.78 is 23.9. The Balaban J connectivity index is 1.42. The van der Waals surface area contributed by atoms with Crippen LogP contribution in [0.4, 0.5) is 9.18 Å². The van der Waals surface area contributed by atoms with Crippen molar-refractivity contribution in [1.29, 1.82) is 0 Å². The fourth-order valence-corrected chi connectivity index (χ4v) is 3.98. The van der Waals surface area contributed by atoms with E-state index in [4.69, 9.17) is 9.47 Å². The van der Waals surface area contributed by atoms with E-state index in [-0.39, 0.29) is 24.0 Å². The van der Waals surface area contributed by atoms with E-state index >= 15 is 0 Å². The molecule has 186 valence electrons. The molecule has 1 atom stereocenters. The van der Waals surface area contributed by atoms with Crippen LogP contribution in [-0.4, -0.2) is 69.4 Å². The van der Waals surface area contributed by atoms with Gasteiger partial charge >= 0.3 is 12.1 Å². The van der Waals surface area contributed by atoms with Gasteiger partial charge in [-0.1, -0.05) is 0 Å². The van der Waals surface area contributed by atoms with Gasteiger partial charge in [0.2, 0.25) is 5.91 Å². The Bertz CT molecular complexity index is 1150. The monoisotopic (exact) mass is 489 g/mol. The predicted molar refractivity (Wildman–Crippen MR) is 114 cm³/mol.